The Bertz CT molecular complexity index is 955. The SMILES string of the molecule is O=C(NC1CCCCC1)c1ccc(NC(=O)C2CC(c3ccncc3)=NO2)cc1O. The molecule has 2 aromatic rings. The zero-order valence-corrected chi connectivity index (χ0v) is 16.5. The molecular weight excluding hydrogens is 384 g/mol. The number of carbonyl (C=O) groups is 2. The van der Waals surface area contributed by atoms with Gasteiger partial charge in [-0.3, -0.25) is 14.6 Å². The number of nitrogens with zero attached hydrogens (tertiary/aromatic N) is 2. The molecule has 0 radical (unpaired) electrons. The Morgan fingerprint density at radius 1 is 1.07 bits per heavy atom. The Kier molecular flexibility index (Phi) is 5.92. The molecule has 2 amide bonds. The summed E-state index contributed by atoms with van der Waals surface area (Å²) in [5, 5.41) is 20.0. The van der Waals surface area contributed by atoms with Crippen LogP contribution in [0.2, 0.25) is 0 Å². The van der Waals surface area contributed by atoms with Crippen molar-refractivity contribution in [1.29, 1.82) is 0 Å². The summed E-state index contributed by atoms with van der Waals surface area (Å²) in [4.78, 5) is 34.2. The molecule has 0 spiro atoms. The van der Waals surface area contributed by atoms with Crippen LogP contribution in [0.15, 0.2) is 47.9 Å². The number of pyridine rings is 1. The van der Waals surface area contributed by atoms with Crippen LogP contribution in [0.5, 0.6) is 5.75 Å². The summed E-state index contributed by atoms with van der Waals surface area (Å²) in [7, 11) is 0. The maximum atomic E-state index is 12.5. The van der Waals surface area contributed by atoms with Crippen molar-refractivity contribution in [2.75, 3.05) is 5.32 Å². The summed E-state index contributed by atoms with van der Waals surface area (Å²) < 4.78 is 0. The van der Waals surface area contributed by atoms with Gasteiger partial charge >= 0.3 is 0 Å². The van der Waals surface area contributed by atoms with Gasteiger partial charge in [0.15, 0.2) is 0 Å². The second-order valence-corrected chi connectivity index (χ2v) is 7.60. The fourth-order valence-corrected chi connectivity index (χ4v) is 3.77. The van der Waals surface area contributed by atoms with Gasteiger partial charge in [0.05, 0.1) is 11.3 Å². The van der Waals surface area contributed by atoms with E-state index in [4.69, 9.17) is 4.84 Å². The summed E-state index contributed by atoms with van der Waals surface area (Å²) >= 11 is 0. The van der Waals surface area contributed by atoms with Crippen molar-refractivity contribution >= 4 is 23.2 Å². The van der Waals surface area contributed by atoms with Crippen LogP contribution in [-0.4, -0.2) is 39.8 Å². The van der Waals surface area contributed by atoms with Crippen molar-refractivity contribution in [3.63, 3.8) is 0 Å². The van der Waals surface area contributed by atoms with E-state index >= 15 is 0 Å². The van der Waals surface area contributed by atoms with Gasteiger partial charge in [0.1, 0.15) is 5.75 Å². The first-order valence-corrected chi connectivity index (χ1v) is 10.2. The van der Waals surface area contributed by atoms with Crippen LogP contribution in [0.25, 0.3) is 0 Å². The van der Waals surface area contributed by atoms with Crippen LogP contribution in [-0.2, 0) is 9.63 Å². The number of anilines is 1. The van der Waals surface area contributed by atoms with Gasteiger partial charge in [-0.25, -0.2) is 0 Å². The maximum absolute atomic E-state index is 12.5. The van der Waals surface area contributed by atoms with E-state index in [0.29, 0.717) is 17.8 Å². The highest BCUT2D eigenvalue weighted by Crippen LogP contribution is 2.25. The number of hydrogen-bond donors (Lipinski definition) is 3. The molecule has 1 fully saturated rings. The van der Waals surface area contributed by atoms with Gasteiger partial charge in [0, 0.05) is 42.2 Å². The second-order valence-electron chi connectivity index (χ2n) is 7.60. The number of aromatic hydroxyl groups is 1. The molecule has 30 heavy (non-hydrogen) atoms. The Morgan fingerprint density at radius 3 is 2.57 bits per heavy atom. The van der Waals surface area contributed by atoms with Gasteiger partial charge in [0.25, 0.3) is 11.8 Å². The lowest BCUT2D eigenvalue weighted by atomic mass is 9.95. The molecule has 156 valence electrons. The number of hydrogen-bond acceptors (Lipinski definition) is 6. The van der Waals surface area contributed by atoms with E-state index < -0.39 is 6.10 Å². The summed E-state index contributed by atoms with van der Waals surface area (Å²) in [5.74, 6) is -0.851. The number of nitrogens with one attached hydrogen (secondary N) is 2. The first kappa shape index (κ1) is 19.9. The number of rotatable bonds is 5. The first-order valence-electron chi connectivity index (χ1n) is 10.2. The Labute approximate surface area is 174 Å². The molecule has 1 unspecified atom stereocenters. The monoisotopic (exact) mass is 408 g/mol. The van der Waals surface area contributed by atoms with E-state index in [0.717, 1.165) is 31.2 Å². The number of benzene rings is 1. The normalized spacial score (nSPS) is 18.9. The van der Waals surface area contributed by atoms with Gasteiger partial charge in [-0.2, -0.15) is 0 Å². The lowest BCUT2D eigenvalue weighted by Gasteiger charge is -2.23. The molecule has 4 rings (SSSR count). The van der Waals surface area contributed by atoms with E-state index in [1.54, 1.807) is 30.6 Å². The standard InChI is InChI=1S/C22H24N4O4/c27-19-12-16(6-7-17(19)21(28)24-15-4-2-1-3-5-15)25-22(29)20-13-18(26-30-20)14-8-10-23-11-9-14/h6-12,15,20,27H,1-5,13H2,(H,24,28)(H,25,29). The second kappa shape index (κ2) is 8.94. The number of amides is 2. The van der Waals surface area contributed by atoms with Crippen molar-refractivity contribution in [2.24, 2.45) is 5.16 Å². The third-order valence-electron chi connectivity index (χ3n) is 5.43. The number of phenols is 1. The predicted molar refractivity (Wildman–Crippen MR) is 111 cm³/mol. The molecular formula is C22H24N4O4. The fourth-order valence-electron chi connectivity index (χ4n) is 3.77. The van der Waals surface area contributed by atoms with E-state index in [9.17, 15) is 14.7 Å². The van der Waals surface area contributed by atoms with Crippen molar-refractivity contribution in [3.8, 4) is 5.75 Å². The summed E-state index contributed by atoms with van der Waals surface area (Å²) in [6, 6.07) is 8.23. The zero-order valence-electron chi connectivity index (χ0n) is 16.5. The topological polar surface area (TPSA) is 113 Å². The summed E-state index contributed by atoms with van der Waals surface area (Å²) in [6.07, 6.45) is 8.23. The molecule has 2 heterocycles. The third-order valence-corrected chi connectivity index (χ3v) is 5.43. The van der Waals surface area contributed by atoms with Crippen LogP contribution in [0.1, 0.15) is 54.4 Å². The minimum Gasteiger partial charge on any atom is -0.507 e. The molecule has 3 N–H and O–H groups in total. The van der Waals surface area contributed by atoms with Crippen LogP contribution < -0.4 is 10.6 Å². The van der Waals surface area contributed by atoms with Crippen LogP contribution >= 0.6 is 0 Å². The van der Waals surface area contributed by atoms with E-state index in [1.807, 2.05) is 0 Å². The first-order chi connectivity index (χ1) is 14.6. The van der Waals surface area contributed by atoms with Crippen LogP contribution in [0, 0.1) is 0 Å². The van der Waals surface area contributed by atoms with Crippen LogP contribution in [0.4, 0.5) is 5.69 Å². The molecule has 1 aliphatic carbocycles. The minimum atomic E-state index is -0.760. The predicted octanol–water partition coefficient (Wildman–Crippen LogP) is 2.98. The largest absolute Gasteiger partial charge is 0.507 e. The Hall–Kier alpha value is -3.42. The molecule has 1 atom stereocenters. The lowest BCUT2D eigenvalue weighted by Crippen LogP contribution is -2.36. The zero-order chi connectivity index (χ0) is 20.9. The molecule has 1 aliphatic heterocycles. The third kappa shape index (κ3) is 4.59. The molecule has 1 aromatic heterocycles. The molecule has 8 heteroatoms. The van der Waals surface area contributed by atoms with E-state index in [2.05, 4.69) is 20.8 Å². The molecule has 1 aromatic carbocycles. The molecule has 2 aliphatic rings. The smallest absolute Gasteiger partial charge is 0.268 e. The molecule has 0 bridgehead atoms. The summed E-state index contributed by atoms with van der Waals surface area (Å²) in [6.45, 7) is 0. The van der Waals surface area contributed by atoms with Gasteiger partial charge < -0.3 is 20.6 Å². The molecule has 0 saturated heterocycles. The van der Waals surface area contributed by atoms with Gasteiger partial charge in [-0.1, -0.05) is 24.4 Å². The molecule has 1 saturated carbocycles. The van der Waals surface area contributed by atoms with Crippen LogP contribution in [0.3, 0.4) is 0 Å². The van der Waals surface area contributed by atoms with Gasteiger partial charge in [0.2, 0.25) is 6.10 Å². The Balaban J connectivity index is 1.34. The fraction of sp³-hybridized carbons (Fsp3) is 0.364. The van der Waals surface area contributed by atoms with E-state index in [1.165, 1.54) is 18.6 Å². The minimum absolute atomic E-state index is 0.152. The summed E-state index contributed by atoms with van der Waals surface area (Å²) in [5.41, 5.74) is 2.10. The average molecular weight is 408 g/mol. The van der Waals surface area contributed by atoms with Crippen molar-refractivity contribution < 1.29 is 19.5 Å². The maximum Gasteiger partial charge on any atom is 0.268 e. The average Bonchev–Trinajstić information content (AvgIpc) is 3.26. The quantitative estimate of drug-likeness (QED) is 0.704. The highest BCUT2D eigenvalue weighted by Gasteiger charge is 2.29. The number of oxime groups is 1. The van der Waals surface area contributed by atoms with Crippen molar-refractivity contribution in [1.82, 2.24) is 10.3 Å². The number of carbonyl (C=O) groups excluding carboxylic acids is 2. The number of phenolic OH excluding ortho intramolecular Hbond substituents is 1. The lowest BCUT2D eigenvalue weighted by molar-refractivity contribution is -0.125. The van der Waals surface area contributed by atoms with Crippen molar-refractivity contribution in [3.05, 3.63) is 53.9 Å². The molecule has 8 nitrogen and oxygen atoms in total. The highest BCUT2D eigenvalue weighted by atomic mass is 16.6. The van der Waals surface area contributed by atoms with Crippen molar-refractivity contribution in [2.45, 2.75) is 50.7 Å². The van der Waals surface area contributed by atoms with Gasteiger partial charge in [-0.15, -0.1) is 0 Å². The highest BCUT2D eigenvalue weighted by molar-refractivity contribution is 6.06. The van der Waals surface area contributed by atoms with E-state index in [-0.39, 0.29) is 29.2 Å². The number of aromatic nitrogens is 1. The Morgan fingerprint density at radius 2 is 1.83 bits per heavy atom. The van der Waals surface area contributed by atoms with Gasteiger partial charge in [-0.05, 0) is 37.1 Å².